The summed E-state index contributed by atoms with van der Waals surface area (Å²) in [6.07, 6.45) is 3.34. The van der Waals surface area contributed by atoms with Crippen LogP contribution < -0.4 is 20.3 Å². The van der Waals surface area contributed by atoms with Crippen molar-refractivity contribution in [3.63, 3.8) is 0 Å². The van der Waals surface area contributed by atoms with Gasteiger partial charge in [0.2, 0.25) is 0 Å². The largest absolute Gasteiger partial charge is 0.495 e. The number of piperazine rings is 1. The number of para-hydroxylation sites is 2. The topological polar surface area (TPSA) is 95.7 Å². The van der Waals surface area contributed by atoms with Gasteiger partial charge in [0.05, 0.1) is 30.9 Å². The lowest BCUT2D eigenvalue weighted by atomic mass is 10.2. The van der Waals surface area contributed by atoms with E-state index in [0.717, 1.165) is 67.0 Å². The average Bonchev–Trinajstić information content (AvgIpc) is 3.22. The van der Waals surface area contributed by atoms with Crippen LogP contribution in [0.15, 0.2) is 41.8 Å². The van der Waals surface area contributed by atoms with Crippen LogP contribution in [0.2, 0.25) is 0 Å². The van der Waals surface area contributed by atoms with E-state index in [4.69, 9.17) is 9.73 Å². The third-order valence-corrected chi connectivity index (χ3v) is 5.54. The Morgan fingerprint density at radius 3 is 2.75 bits per heavy atom. The highest BCUT2D eigenvalue weighted by Gasteiger charge is 2.21. The molecule has 1 saturated heterocycles. The van der Waals surface area contributed by atoms with E-state index in [1.807, 2.05) is 19.2 Å². The number of methoxy groups -OCH3 is 1. The summed E-state index contributed by atoms with van der Waals surface area (Å²) >= 11 is 0. The number of guanidine groups is 1. The molecule has 32 heavy (non-hydrogen) atoms. The predicted octanol–water partition coefficient (Wildman–Crippen LogP) is 1.57. The highest BCUT2D eigenvalue weighted by atomic mass is 16.5. The first kappa shape index (κ1) is 21.7. The number of anilines is 2. The summed E-state index contributed by atoms with van der Waals surface area (Å²) in [7, 11) is 3.60. The Morgan fingerprint density at radius 2 is 1.97 bits per heavy atom. The zero-order valence-corrected chi connectivity index (χ0v) is 19.0. The Hall–Kier alpha value is -3.56. The molecule has 10 heteroatoms. The molecule has 3 aromatic rings. The second kappa shape index (κ2) is 10.2. The molecule has 0 aliphatic carbocycles. The minimum Gasteiger partial charge on any atom is -0.495 e. The smallest absolute Gasteiger partial charge is 0.194 e. The molecule has 0 spiro atoms. The number of rotatable bonds is 7. The van der Waals surface area contributed by atoms with Crippen molar-refractivity contribution in [2.24, 2.45) is 12.0 Å². The summed E-state index contributed by atoms with van der Waals surface area (Å²) in [5.74, 6) is 2.65. The minimum absolute atomic E-state index is 0.640. The number of aromatic nitrogens is 4. The molecule has 0 unspecified atom stereocenters. The fraction of sp³-hybridized carbons (Fsp3) is 0.455. The van der Waals surface area contributed by atoms with Crippen molar-refractivity contribution in [3.8, 4) is 5.75 Å². The van der Waals surface area contributed by atoms with Crippen molar-refractivity contribution in [1.29, 1.82) is 0 Å². The Bertz CT molecular complexity index is 1060. The molecule has 0 amide bonds. The van der Waals surface area contributed by atoms with E-state index < -0.39 is 0 Å². The summed E-state index contributed by atoms with van der Waals surface area (Å²) in [6.45, 7) is 7.89. The molecule has 0 bridgehead atoms. The first-order valence-electron chi connectivity index (χ1n) is 11.0. The van der Waals surface area contributed by atoms with Crippen molar-refractivity contribution >= 4 is 28.5 Å². The van der Waals surface area contributed by atoms with Gasteiger partial charge >= 0.3 is 0 Å². The lowest BCUT2D eigenvalue weighted by Crippen LogP contribution is -2.52. The number of ether oxygens (including phenoxy) is 1. The lowest BCUT2D eigenvalue weighted by molar-refractivity contribution is 0.367. The minimum atomic E-state index is 0.640. The Kier molecular flexibility index (Phi) is 6.88. The highest BCUT2D eigenvalue weighted by molar-refractivity contribution is 5.86. The molecule has 1 aliphatic heterocycles. The normalized spacial score (nSPS) is 14.7. The van der Waals surface area contributed by atoms with E-state index in [0.29, 0.717) is 13.1 Å². The number of hydrogen-bond donors (Lipinski definition) is 2. The van der Waals surface area contributed by atoms with Gasteiger partial charge in [-0.25, -0.2) is 9.97 Å². The number of nitrogens with zero attached hydrogens (tertiary/aromatic N) is 7. The average molecular weight is 438 g/mol. The van der Waals surface area contributed by atoms with Crippen molar-refractivity contribution in [3.05, 3.63) is 36.8 Å². The van der Waals surface area contributed by atoms with Gasteiger partial charge < -0.3 is 25.2 Å². The molecular weight excluding hydrogens is 406 g/mol. The zero-order chi connectivity index (χ0) is 22.3. The van der Waals surface area contributed by atoms with Crippen LogP contribution in [0.4, 0.5) is 11.5 Å². The standard InChI is InChI=1S/C22H31N9O/c1-4-23-22(25-10-9-24-20-17-15-28-29(2)21(17)27-16-26-20)31-13-11-30(12-14-31)18-7-5-6-8-19(18)32-3/h5-8,15-16H,4,9-14H2,1-3H3,(H,23,25)(H,24,26,27). The monoisotopic (exact) mass is 437 g/mol. The van der Waals surface area contributed by atoms with Crippen LogP contribution in [0.3, 0.4) is 0 Å². The molecule has 2 aromatic heterocycles. The fourth-order valence-corrected chi connectivity index (χ4v) is 3.92. The molecule has 4 rings (SSSR count). The van der Waals surface area contributed by atoms with Crippen LogP contribution >= 0.6 is 0 Å². The molecule has 0 radical (unpaired) electrons. The first-order valence-corrected chi connectivity index (χ1v) is 11.0. The predicted molar refractivity (Wildman–Crippen MR) is 128 cm³/mol. The van der Waals surface area contributed by atoms with Crippen LogP contribution in [0.1, 0.15) is 6.92 Å². The second-order valence-electron chi connectivity index (χ2n) is 7.54. The maximum Gasteiger partial charge on any atom is 0.194 e. The van der Waals surface area contributed by atoms with Crippen LogP contribution in [-0.2, 0) is 7.05 Å². The lowest BCUT2D eigenvalue weighted by Gasteiger charge is -2.38. The van der Waals surface area contributed by atoms with Crippen molar-refractivity contribution in [1.82, 2.24) is 30.0 Å². The van der Waals surface area contributed by atoms with Gasteiger partial charge in [-0.3, -0.25) is 9.67 Å². The number of fused-ring (bicyclic) bond motifs is 1. The van der Waals surface area contributed by atoms with Crippen LogP contribution in [-0.4, -0.2) is 83.5 Å². The van der Waals surface area contributed by atoms with Crippen molar-refractivity contribution in [2.45, 2.75) is 6.92 Å². The number of nitrogens with one attached hydrogen (secondary N) is 2. The fourth-order valence-electron chi connectivity index (χ4n) is 3.92. The molecular formula is C22H31N9O. The number of benzene rings is 1. The first-order chi connectivity index (χ1) is 15.7. The van der Waals surface area contributed by atoms with Gasteiger partial charge in [-0.15, -0.1) is 0 Å². The second-order valence-corrected chi connectivity index (χ2v) is 7.54. The van der Waals surface area contributed by atoms with Gasteiger partial charge in [-0.1, -0.05) is 12.1 Å². The summed E-state index contributed by atoms with van der Waals surface area (Å²) in [5.41, 5.74) is 1.96. The van der Waals surface area contributed by atoms with Gasteiger partial charge in [-0.05, 0) is 19.1 Å². The van der Waals surface area contributed by atoms with E-state index in [2.05, 4.69) is 54.6 Å². The molecule has 10 nitrogen and oxygen atoms in total. The molecule has 1 fully saturated rings. The zero-order valence-electron chi connectivity index (χ0n) is 19.0. The van der Waals surface area contributed by atoms with E-state index >= 15 is 0 Å². The third-order valence-electron chi connectivity index (χ3n) is 5.54. The van der Waals surface area contributed by atoms with Crippen molar-refractivity contribution in [2.75, 3.05) is 63.1 Å². The van der Waals surface area contributed by atoms with Gasteiger partial charge in [0.1, 0.15) is 17.9 Å². The molecule has 1 aliphatic rings. The quantitative estimate of drug-likeness (QED) is 0.327. The maximum absolute atomic E-state index is 5.53. The van der Waals surface area contributed by atoms with Crippen LogP contribution in [0, 0.1) is 0 Å². The van der Waals surface area contributed by atoms with E-state index in [-0.39, 0.29) is 0 Å². The summed E-state index contributed by atoms with van der Waals surface area (Å²) in [6, 6.07) is 8.19. The van der Waals surface area contributed by atoms with E-state index in [1.54, 1.807) is 24.3 Å². The SMILES string of the molecule is CCNC(=NCCNc1ncnc2c1cnn2C)N1CCN(c2ccccc2OC)CC1. The maximum atomic E-state index is 5.53. The molecule has 3 heterocycles. The van der Waals surface area contributed by atoms with Crippen LogP contribution in [0.25, 0.3) is 11.0 Å². The van der Waals surface area contributed by atoms with Crippen LogP contribution in [0.5, 0.6) is 5.75 Å². The molecule has 1 aromatic carbocycles. The van der Waals surface area contributed by atoms with Crippen molar-refractivity contribution < 1.29 is 4.74 Å². The van der Waals surface area contributed by atoms with E-state index in [9.17, 15) is 0 Å². The van der Waals surface area contributed by atoms with Gasteiger partial charge in [0, 0.05) is 46.3 Å². The number of aryl methyl sites for hydroxylation is 1. The summed E-state index contributed by atoms with van der Waals surface area (Å²) in [4.78, 5) is 18.1. The third kappa shape index (κ3) is 4.68. The van der Waals surface area contributed by atoms with Gasteiger partial charge in [0.15, 0.2) is 11.6 Å². The molecule has 2 N–H and O–H groups in total. The summed E-state index contributed by atoms with van der Waals surface area (Å²) in [5, 5.41) is 12.0. The Morgan fingerprint density at radius 1 is 1.16 bits per heavy atom. The molecule has 0 saturated carbocycles. The van der Waals surface area contributed by atoms with Gasteiger partial charge in [-0.2, -0.15) is 5.10 Å². The summed E-state index contributed by atoms with van der Waals surface area (Å²) < 4.78 is 7.27. The number of hydrogen-bond acceptors (Lipinski definition) is 7. The molecule has 0 atom stereocenters. The Balaban J connectivity index is 1.34. The molecule has 170 valence electrons. The Labute approximate surface area is 188 Å². The highest BCUT2D eigenvalue weighted by Crippen LogP contribution is 2.28. The van der Waals surface area contributed by atoms with Gasteiger partial charge in [0.25, 0.3) is 0 Å². The van der Waals surface area contributed by atoms with E-state index in [1.165, 1.54) is 0 Å². The number of aliphatic imine (C=N–C) groups is 1.